The highest BCUT2D eigenvalue weighted by Crippen LogP contribution is 2.26. The zero-order valence-corrected chi connectivity index (χ0v) is 11.2. The largest absolute Gasteiger partial charge is 0.361 e. The van der Waals surface area contributed by atoms with Crippen LogP contribution in [-0.2, 0) is 0 Å². The summed E-state index contributed by atoms with van der Waals surface area (Å²) in [6, 6.07) is 10.0. The van der Waals surface area contributed by atoms with Gasteiger partial charge in [-0.2, -0.15) is 0 Å². The molecule has 1 heterocycles. The third-order valence-corrected chi connectivity index (χ3v) is 3.36. The highest BCUT2D eigenvalue weighted by Gasteiger charge is 2.17. The summed E-state index contributed by atoms with van der Waals surface area (Å²) in [5.41, 5.74) is 3.22. The molecule has 1 aliphatic rings. The number of likely N-dealkylation sites (N-methyl/N-ethyl adjacent to an activating group) is 1. The molecule has 1 aliphatic heterocycles. The van der Waals surface area contributed by atoms with Crippen LogP contribution in [0.3, 0.4) is 0 Å². The van der Waals surface area contributed by atoms with Crippen molar-refractivity contribution in [3.63, 3.8) is 0 Å². The van der Waals surface area contributed by atoms with Gasteiger partial charge in [0, 0.05) is 30.5 Å². The molecule has 0 aliphatic carbocycles. The normalized spacial score (nSPS) is 19.1. The van der Waals surface area contributed by atoms with E-state index < -0.39 is 0 Å². The Bertz CT molecular complexity index is 488. The van der Waals surface area contributed by atoms with Gasteiger partial charge in [-0.15, -0.1) is 0 Å². The smallest absolute Gasteiger partial charge is 0.0510 e. The predicted octanol–water partition coefficient (Wildman–Crippen LogP) is 3.61. The summed E-state index contributed by atoms with van der Waals surface area (Å²) in [6.45, 7) is 5.50. The highest BCUT2D eigenvalue weighted by molar-refractivity contribution is 6.32. The van der Waals surface area contributed by atoms with Gasteiger partial charge < -0.3 is 5.32 Å². The first-order valence-corrected chi connectivity index (χ1v) is 6.29. The van der Waals surface area contributed by atoms with Gasteiger partial charge in [-0.1, -0.05) is 42.5 Å². The lowest BCUT2D eigenvalue weighted by Crippen LogP contribution is -2.28. The Labute approximate surface area is 113 Å². The summed E-state index contributed by atoms with van der Waals surface area (Å²) in [7, 11) is 2.07. The predicted molar refractivity (Wildman–Crippen MR) is 78.7 cm³/mol. The lowest BCUT2D eigenvalue weighted by Gasteiger charge is -2.26. The molecule has 0 atom stereocenters. The third-order valence-electron chi connectivity index (χ3n) is 2.88. The van der Waals surface area contributed by atoms with Crippen LogP contribution in [0.4, 0.5) is 5.69 Å². The minimum atomic E-state index is 0.812. The van der Waals surface area contributed by atoms with Crippen molar-refractivity contribution in [3.05, 3.63) is 65.4 Å². The van der Waals surface area contributed by atoms with Crippen LogP contribution in [0.15, 0.2) is 65.4 Å². The van der Waals surface area contributed by atoms with Crippen molar-refractivity contribution in [3.8, 4) is 0 Å². The van der Waals surface area contributed by atoms with Gasteiger partial charge >= 0.3 is 0 Å². The van der Waals surface area contributed by atoms with Crippen molar-refractivity contribution in [2.45, 2.75) is 0 Å². The molecule has 0 fully saturated rings. The average Bonchev–Trinajstić information content (AvgIpc) is 2.40. The van der Waals surface area contributed by atoms with E-state index in [4.69, 9.17) is 11.6 Å². The third kappa shape index (κ3) is 3.03. The van der Waals surface area contributed by atoms with Crippen LogP contribution in [0.1, 0.15) is 0 Å². The molecule has 18 heavy (non-hydrogen) atoms. The number of para-hydroxylation sites is 1. The number of rotatable bonds is 3. The second-order valence-electron chi connectivity index (χ2n) is 4.40. The lowest BCUT2D eigenvalue weighted by molar-refractivity contribution is 0.388. The van der Waals surface area contributed by atoms with E-state index in [9.17, 15) is 0 Å². The van der Waals surface area contributed by atoms with Crippen LogP contribution >= 0.6 is 11.6 Å². The van der Waals surface area contributed by atoms with Gasteiger partial charge in [-0.3, -0.25) is 4.90 Å². The van der Waals surface area contributed by atoms with E-state index in [1.807, 2.05) is 42.6 Å². The van der Waals surface area contributed by atoms with Gasteiger partial charge in [-0.25, -0.2) is 0 Å². The summed E-state index contributed by atoms with van der Waals surface area (Å²) in [5, 5.41) is 4.08. The fourth-order valence-corrected chi connectivity index (χ4v) is 2.20. The van der Waals surface area contributed by atoms with E-state index >= 15 is 0 Å². The monoisotopic (exact) mass is 260 g/mol. The average molecular weight is 261 g/mol. The van der Waals surface area contributed by atoms with E-state index in [0.717, 1.165) is 35.0 Å². The molecule has 0 aromatic heterocycles. The number of nitrogens with one attached hydrogen (secondary N) is 1. The number of anilines is 1. The second kappa shape index (κ2) is 5.89. The quantitative estimate of drug-likeness (QED) is 0.893. The Hall–Kier alpha value is -1.51. The topological polar surface area (TPSA) is 15.3 Å². The molecular weight excluding hydrogens is 244 g/mol. The maximum Gasteiger partial charge on any atom is 0.0510 e. The summed E-state index contributed by atoms with van der Waals surface area (Å²) in [4.78, 5) is 2.21. The zero-order chi connectivity index (χ0) is 13.0. The van der Waals surface area contributed by atoms with Gasteiger partial charge in [0.25, 0.3) is 0 Å². The summed E-state index contributed by atoms with van der Waals surface area (Å²) in [6.07, 6.45) is 3.80. The molecule has 0 saturated carbocycles. The summed E-state index contributed by atoms with van der Waals surface area (Å²) in [5.74, 6) is 0. The van der Waals surface area contributed by atoms with Crippen LogP contribution in [0.25, 0.3) is 0 Å². The van der Waals surface area contributed by atoms with Gasteiger partial charge in [-0.05, 0) is 24.8 Å². The number of halogens is 1. The van der Waals surface area contributed by atoms with Crippen molar-refractivity contribution < 1.29 is 0 Å². The Kier molecular flexibility index (Phi) is 4.24. The van der Waals surface area contributed by atoms with E-state index in [-0.39, 0.29) is 0 Å². The minimum absolute atomic E-state index is 0.812. The van der Waals surface area contributed by atoms with Crippen LogP contribution < -0.4 is 5.32 Å². The first kappa shape index (κ1) is 12.9. The van der Waals surface area contributed by atoms with Gasteiger partial charge in [0.1, 0.15) is 0 Å². The maximum absolute atomic E-state index is 6.35. The molecule has 2 rings (SSSR count). The first-order chi connectivity index (χ1) is 8.70. The number of nitrogens with zero attached hydrogens (tertiary/aromatic N) is 1. The van der Waals surface area contributed by atoms with Crippen molar-refractivity contribution >= 4 is 17.3 Å². The van der Waals surface area contributed by atoms with Gasteiger partial charge in [0.05, 0.1) is 5.03 Å². The summed E-state index contributed by atoms with van der Waals surface area (Å²) >= 11 is 6.35. The SMILES string of the molecule is C=CC1=C(Cl)/C(=C/Nc2ccccc2)CN(C)C1. The molecule has 0 amide bonds. The fourth-order valence-electron chi connectivity index (χ4n) is 1.95. The molecule has 94 valence electrons. The van der Waals surface area contributed by atoms with Crippen LogP contribution in [0.2, 0.25) is 0 Å². The van der Waals surface area contributed by atoms with Crippen LogP contribution in [-0.4, -0.2) is 25.0 Å². The maximum atomic E-state index is 6.35. The van der Waals surface area contributed by atoms with E-state index in [0.29, 0.717) is 0 Å². The number of benzene rings is 1. The van der Waals surface area contributed by atoms with Gasteiger partial charge in [0.2, 0.25) is 0 Å². The number of hydrogen-bond acceptors (Lipinski definition) is 2. The van der Waals surface area contributed by atoms with Crippen molar-refractivity contribution in [1.82, 2.24) is 4.90 Å². The van der Waals surface area contributed by atoms with E-state index in [2.05, 4.69) is 23.8 Å². The second-order valence-corrected chi connectivity index (χ2v) is 4.77. The van der Waals surface area contributed by atoms with Crippen molar-refractivity contribution in [2.75, 3.05) is 25.5 Å². The molecule has 0 unspecified atom stereocenters. The molecule has 1 aromatic carbocycles. The number of hydrogen-bond donors (Lipinski definition) is 1. The molecule has 1 N–H and O–H groups in total. The molecule has 0 bridgehead atoms. The molecule has 2 nitrogen and oxygen atoms in total. The Morgan fingerprint density at radius 2 is 2.00 bits per heavy atom. The lowest BCUT2D eigenvalue weighted by atomic mass is 10.1. The summed E-state index contributed by atoms with van der Waals surface area (Å²) < 4.78 is 0. The standard InChI is InChI=1S/C15H17ClN2/c1-3-12-10-18(2)11-13(15(12)16)9-17-14-7-5-4-6-8-14/h3-9,17H,1,10-11H2,2H3/b13-9+. The minimum Gasteiger partial charge on any atom is -0.361 e. The Balaban J connectivity index is 2.19. The fraction of sp³-hybridized carbons (Fsp3) is 0.200. The Morgan fingerprint density at radius 1 is 1.28 bits per heavy atom. The molecule has 3 heteroatoms. The first-order valence-electron chi connectivity index (χ1n) is 5.91. The Morgan fingerprint density at radius 3 is 2.67 bits per heavy atom. The molecule has 0 saturated heterocycles. The van der Waals surface area contributed by atoms with E-state index in [1.54, 1.807) is 0 Å². The highest BCUT2D eigenvalue weighted by atomic mass is 35.5. The molecule has 0 radical (unpaired) electrons. The zero-order valence-electron chi connectivity index (χ0n) is 10.5. The van der Waals surface area contributed by atoms with Crippen LogP contribution in [0, 0.1) is 0 Å². The van der Waals surface area contributed by atoms with Gasteiger partial charge in [0.15, 0.2) is 0 Å². The molecular formula is C15H17ClN2. The van der Waals surface area contributed by atoms with E-state index in [1.165, 1.54) is 0 Å². The van der Waals surface area contributed by atoms with Crippen LogP contribution in [0.5, 0.6) is 0 Å². The van der Waals surface area contributed by atoms with Crippen molar-refractivity contribution in [1.29, 1.82) is 0 Å². The molecule has 0 spiro atoms. The molecule has 1 aromatic rings. The van der Waals surface area contributed by atoms with Crippen molar-refractivity contribution in [2.24, 2.45) is 0 Å².